The molecule has 0 atom stereocenters. The molecule has 2 aromatic rings. The molecule has 0 fully saturated rings. The van der Waals surface area contributed by atoms with Crippen LogP contribution in [0, 0.1) is 5.82 Å². The Morgan fingerprint density at radius 1 is 1.29 bits per heavy atom. The largest absolute Gasteiger partial charge is 0.369 e. The third-order valence-electron chi connectivity index (χ3n) is 2.63. The molecule has 1 heterocycles. The Morgan fingerprint density at radius 3 is 2.71 bits per heavy atom. The monoisotopic (exact) mass is 308 g/mol. The van der Waals surface area contributed by atoms with Crippen LogP contribution in [0.1, 0.15) is 23.8 Å². The van der Waals surface area contributed by atoms with Gasteiger partial charge in [-0.2, -0.15) is 0 Å². The number of rotatable bonds is 5. The summed E-state index contributed by atoms with van der Waals surface area (Å²) in [5, 5.41) is 13.3. The van der Waals surface area contributed by atoms with Crippen LogP contribution in [-0.2, 0) is 0 Å². The SMILES string of the molecule is CCCNc1ccc(C(=O)Nc2ccc(F)c(Cl)c2)nn1. The maximum absolute atomic E-state index is 13.0. The quantitative estimate of drug-likeness (QED) is 0.889. The van der Waals surface area contributed by atoms with Crippen molar-refractivity contribution in [3.8, 4) is 0 Å². The van der Waals surface area contributed by atoms with Gasteiger partial charge >= 0.3 is 0 Å². The number of anilines is 2. The fourth-order valence-corrected chi connectivity index (χ4v) is 1.75. The molecule has 0 radical (unpaired) electrons. The molecule has 0 saturated heterocycles. The van der Waals surface area contributed by atoms with E-state index < -0.39 is 11.7 Å². The van der Waals surface area contributed by atoms with Gasteiger partial charge in [-0.3, -0.25) is 4.79 Å². The first kappa shape index (κ1) is 15.2. The highest BCUT2D eigenvalue weighted by Crippen LogP contribution is 2.19. The predicted molar refractivity (Wildman–Crippen MR) is 80.2 cm³/mol. The van der Waals surface area contributed by atoms with Crippen molar-refractivity contribution in [1.82, 2.24) is 10.2 Å². The molecule has 2 rings (SSSR count). The minimum absolute atomic E-state index is 0.0574. The second-order valence-electron chi connectivity index (χ2n) is 4.31. The average Bonchev–Trinajstić information content (AvgIpc) is 2.49. The minimum atomic E-state index is -0.541. The molecule has 1 aromatic heterocycles. The van der Waals surface area contributed by atoms with Crippen LogP contribution in [0.25, 0.3) is 0 Å². The van der Waals surface area contributed by atoms with Crippen LogP contribution in [0.2, 0.25) is 5.02 Å². The number of carbonyl (C=O) groups excluding carboxylic acids is 1. The summed E-state index contributed by atoms with van der Waals surface area (Å²) >= 11 is 5.65. The molecule has 5 nitrogen and oxygen atoms in total. The molecule has 0 aliphatic rings. The summed E-state index contributed by atoms with van der Waals surface area (Å²) in [6.45, 7) is 2.82. The molecule has 1 aromatic carbocycles. The van der Waals surface area contributed by atoms with Crippen LogP contribution < -0.4 is 10.6 Å². The number of carbonyl (C=O) groups is 1. The lowest BCUT2D eigenvalue weighted by Gasteiger charge is -2.06. The summed E-state index contributed by atoms with van der Waals surface area (Å²) < 4.78 is 13.0. The van der Waals surface area contributed by atoms with Crippen LogP contribution in [0.15, 0.2) is 30.3 Å². The first-order chi connectivity index (χ1) is 10.1. The third kappa shape index (κ3) is 4.13. The first-order valence-electron chi connectivity index (χ1n) is 6.44. The maximum atomic E-state index is 13.0. The van der Waals surface area contributed by atoms with Crippen LogP contribution in [-0.4, -0.2) is 22.6 Å². The number of nitrogens with zero attached hydrogens (tertiary/aromatic N) is 2. The molecule has 2 N–H and O–H groups in total. The van der Waals surface area contributed by atoms with Gasteiger partial charge < -0.3 is 10.6 Å². The van der Waals surface area contributed by atoms with E-state index in [9.17, 15) is 9.18 Å². The van der Waals surface area contributed by atoms with Crippen molar-refractivity contribution in [2.75, 3.05) is 17.2 Å². The van der Waals surface area contributed by atoms with E-state index in [2.05, 4.69) is 20.8 Å². The topological polar surface area (TPSA) is 66.9 Å². The van der Waals surface area contributed by atoms with E-state index in [0.29, 0.717) is 11.5 Å². The number of benzene rings is 1. The number of nitrogens with one attached hydrogen (secondary N) is 2. The van der Waals surface area contributed by atoms with Crippen molar-refractivity contribution in [2.24, 2.45) is 0 Å². The first-order valence-corrected chi connectivity index (χ1v) is 6.82. The molecule has 7 heteroatoms. The van der Waals surface area contributed by atoms with Gasteiger partial charge in [-0.1, -0.05) is 18.5 Å². The van der Waals surface area contributed by atoms with Crippen LogP contribution in [0.5, 0.6) is 0 Å². The summed E-state index contributed by atoms with van der Waals surface area (Å²) in [6.07, 6.45) is 0.968. The van der Waals surface area contributed by atoms with Gasteiger partial charge in [0.2, 0.25) is 0 Å². The van der Waals surface area contributed by atoms with E-state index in [0.717, 1.165) is 13.0 Å². The Balaban J connectivity index is 2.04. The summed E-state index contributed by atoms with van der Waals surface area (Å²) in [6, 6.07) is 7.17. The molecule has 0 aliphatic heterocycles. The van der Waals surface area contributed by atoms with E-state index in [1.165, 1.54) is 18.2 Å². The third-order valence-corrected chi connectivity index (χ3v) is 2.92. The van der Waals surface area contributed by atoms with E-state index in [-0.39, 0.29) is 10.7 Å². The van der Waals surface area contributed by atoms with Crippen molar-refractivity contribution in [3.05, 3.63) is 46.9 Å². The van der Waals surface area contributed by atoms with Crippen LogP contribution in [0.3, 0.4) is 0 Å². The zero-order valence-corrected chi connectivity index (χ0v) is 12.1. The average molecular weight is 309 g/mol. The van der Waals surface area contributed by atoms with Crippen molar-refractivity contribution in [3.63, 3.8) is 0 Å². The van der Waals surface area contributed by atoms with Gasteiger partial charge in [-0.05, 0) is 36.8 Å². The standard InChI is InChI=1S/C14H14ClFN4O/c1-2-7-17-13-6-5-12(19-20-13)14(21)18-9-3-4-11(16)10(15)8-9/h3-6,8H,2,7H2,1H3,(H,17,20)(H,18,21). The molecule has 0 aliphatic carbocycles. The van der Waals surface area contributed by atoms with Gasteiger partial charge in [0.1, 0.15) is 11.6 Å². The lowest BCUT2D eigenvalue weighted by atomic mass is 10.3. The highest BCUT2D eigenvalue weighted by Gasteiger charge is 2.10. The van der Waals surface area contributed by atoms with Crippen molar-refractivity contribution in [1.29, 1.82) is 0 Å². The smallest absolute Gasteiger partial charge is 0.276 e. The molecule has 0 spiro atoms. The zero-order chi connectivity index (χ0) is 15.2. The Bertz CT molecular complexity index is 633. The van der Waals surface area contributed by atoms with Gasteiger partial charge in [-0.15, -0.1) is 10.2 Å². The highest BCUT2D eigenvalue weighted by atomic mass is 35.5. The normalized spacial score (nSPS) is 10.2. The molecule has 0 unspecified atom stereocenters. The van der Waals surface area contributed by atoms with E-state index in [4.69, 9.17) is 11.6 Å². The van der Waals surface area contributed by atoms with Crippen molar-refractivity contribution < 1.29 is 9.18 Å². The summed E-state index contributed by atoms with van der Waals surface area (Å²) in [5.41, 5.74) is 0.555. The van der Waals surface area contributed by atoms with Gasteiger partial charge in [0.25, 0.3) is 5.91 Å². The fraction of sp³-hybridized carbons (Fsp3) is 0.214. The van der Waals surface area contributed by atoms with E-state index in [1.807, 2.05) is 6.92 Å². The summed E-state index contributed by atoms with van der Waals surface area (Å²) in [4.78, 5) is 12.0. The molecular weight excluding hydrogens is 295 g/mol. The lowest BCUT2D eigenvalue weighted by molar-refractivity contribution is 0.102. The predicted octanol–water partition coefficient (Wildman–Crippen LogP) is 3.34. The Kier molecular flexibility index (Phi) is 5.05. The maximum Gasteiger partial charge on any atom is 0.276 e. The van der Waals surface area contributed by atoms with E-state index >= 15 is 0 Å². The molecule has 0 bridgehead atoms. The second kappa shape index (κ2) is 6.99. The van der Waals surface area contributed by atoms with Gasteiger partial charge in [0.05, 0.1) is 5.02 Å². The Morgan fingerprint density at radius 2 is 2.10 bits per heavy atom. The van der Waals surface area contributed by atoms with Gasteiger partial charge in [0.15, 0.2) is 5.69 Å². The number of aromatic nitrogens is 2. The Hall–Kier alpha value is -2.21. The summed E-state index contributed by atoms with van der Waals surface area (Å²) in [7, 11) is 0. The molecule has 110 valence electrons. The second-order valence-corrected chi connectivity index (χ2v) is 4.72. The number of hydrogen-bond acceptors (Lipinski definition) is 4. The lowest BCUT2D eigenvalue weighted by Crippen LogP contribution is -2.15. The zero-order valence-electron chi connectivity index (χ0n) is 11.4. The number of halogens is 2. The molecule has 21 heavy (non-hydrogen) atoms. The van der Waals surface area contributed by atoms with Crippen LogP contribution in [0.4, 0.5) is 15.9 Å². The van der Waals surface area contributed by atoms with Gasteiger partial charge in [0, 0.05) is 12.2 Å². The Labute approximate surface area is 126 Å². The molecular formula is C14H14ClFN4O. The van der Waals surface area contributed by atoms with Crippen molar-refractivity contribution >= 4 is 29.0 Å². The fourth-order valence-electron chi connectivity index (χ4n) is 1.57. The van der Waals surface area contributed by atoms with Crippen LogP contribution >= 0.6 is 11.6 Å². The van der Waals surface area contributed by atoms with Crippen molar-refractivity contribution in [2.45, 2.75) is 13.3 Å². The number of amides is 1. The number of hydrogen-bond donors (Lipinski definition) is 2. The summed E-state index contributed by atoms with van der Waals surface area (Å²) in [5.74, 6) is -0.369. The highest BCUT2D eigenvalue weighted by molar-refractivity contribution is 6.31. The molecule has 1 amide bonds. The molecule has 0 saturated carbocycles. The minimum Gasteiger partial charge on any atom is -0.369 e. The van der Waals surface area contributed by atoms with Gasteiger partial charge in [-0.25, -0.2) is 4.39 Å². The van der Waals surface area contributed by atoms with E-state index in [1.54, 1.807) is 12.1 Å².